The van der Waals surface area contributed by atoms with Crippen LogP contribution in [0.2, 0.25) is 0 Å². The predicted molar refractivity (Wildman–Crippen MR) is 262 cm³/mol. The molecular formula is C50H43ClF4N4O6S2. The van der Waals surface area contributed by atoms with Crippen LogP contribution in [0.4, 0.5) is 17.6 Å². The van der Waals surface area contributed by atoms with Crippen LogP contribution in [-0.4, -0.2) is 51.6 Å². The Morgan fingerprint density at radius 1 is 0.746 bits per heavy atom. The largest absolute Gasteiger partial charge is 0.477 e. The highest BCUT2D eigenvalue weighted by Gasteiger charge is 2.32. The predicted octanol–water partition coefficient (Wildman–Crippen LogP) is 12.4. The van der Waals surface area contributed by atoms with Crippen molar-refractivity contribution in [2.24, 2.45) is 0 Å². The number of nitrogens with zero attached hydrogens (tertiary/aromatic N) is 2. The van der Waals surface area contributed by atoms with Crippen LogP contribution in [0.25, 0.3) is 58.7 Å². The number of esters is 1. The van der Waals surface area contributed by atoms with Gasteiger partial charge in [-0.25, -0.2) is 27.2 Å². The number of carboxylic acids is 1. The zero-order valence-corrected chi connectivity index (χ0v) is 36.6. The van der Waals surface area contributed by atoms with Gasteiger partial charge >= 0.3 is 11.9 Å². The number of nitrogens with one attached hydrogen (secondary N) is 2. The van der Waals surface area contributed by atoms with Crippen molar-refractivity contribution in [3.8, 4) is 11.1 Å². The molecule has 67 heavy (non-hydrogen) atoms. The summed E-state index contributed by atoms with van der Waals surface area (Å²) in [5.41, 5.74) is 2.89. The summed E-state index contributed by atoms with van der Waals surface area (Å²) in [5.74, 6) is -4.21. The average Bonchev–Trinajstić information content (AvgIpc) is 4.10. The SMILES string of the molecule is C.C.COC(=O)c1c(C2=CC=CNC2OC)c2c3sccc3ccc2n1Cc1cc(F)ccc1F.Cl.O=C(O)c1c(-c2ccc[nH]c2=O)c2c3sccc3ccc2n1Cc1cc(F)ccc1F. The Morgan fingerprint density at radius 2 is 1.30 bits per heavy atom. The number of H-pyrrole nitrogens is 1. The number of pyridine rings is 1. The Bertz CT molecular complexity index is 3460. The summed E-state index contributed by atoms with van der Waals surface area (Å²) in [6.45, 7) is -0.251. The van der Waals surface area contributed by atoms with Crippen molar-refractivity contribution < 1.29 is 41.7 Å². The number of carbonyl (C=O) groups excluding carboxylic acids is 1. The molecule has 10 nitrogen and oxygen atoms in total. The van der Waals surface area contributed by atoms with Crippen LogP contribution in [0.15, 0.2) is 125 Å². The van der Waals surface area contributed by atoms with E-state index < -0.39 is 47.0 Å². The molecule has 10 rings (SSSR count). The lowest BCUT2D eigenvalue weighted by atomic mass is 9.98. The van der Waals surface area contributed by atoms with Gasteiger partial charge in [0.2, 0.25) is 0 Å². The number of carboxylic acid groups (broad SMARTS) is 1. The van der Waals surface area contributed by atoms with E-state index in [-0.39, 0.29) is 74.0 Å². The maximum Gasteiger partial charge on any atom is 0.355 e. The second kappa shape index (κ2) is 20.3. The normalized spacial score (nSPS) is 13.0. The van der Waals surface area contributed by atoms with Crippen molar-refractivity contribution in [1.29, 1.82) is 0 Å². The molecule has 0 spiro atoms. The Balaban J connectivity index is 0.000000212. The van der Waals surface area contributed by atoms with Gasteiger partial charge in [-0.15, -0.1) is 35.1 Å². The molecule has 6 heterocycles. The van der Waals surface area contributed by atoms with Gasteiger partial charge < -0.3 is 34.0 Å². The number of rotatable bonds is 9. The maximum absolute atomic E-state index is 14.6. The Morgan fingerprint density at radius 3 is 1.82 bits per heavy atom. The molecule has 0 saturated heterocycles. The topological polar surface area (TPSA) is 128 Å². The van der Waals surface area contributed by atoms with E-state index in [0.717, 1.165) is 67.5 Å². The number of allylic oxidation sites excluding steroid dienone is 2. The number of ether oxygens (including phenoxy) is 2. The number of hydrogen-bond acceptors (Lipinski definition) is 8. The van der Waals surface area contributed by atoms with Gasteiger partial charge in [0.25, 0.3) is 5.56 Å². The standard InChI is InChI=1S/C25H20F2N2O3S.C23H14F2N2O3S.2CH4.ClH/c1-31-24-17(4-3-10-28-24)20-21-19(8-5-14-9-11-33-23(14)21)29(22(20)25(30)32-2)13-15-12-16(26)6-7-18(15)27;24-14-4-5-16(25)13(10-14)11-27-17-6-3-12-7-9-31-21(12)19(17)18(20(27)23(29)30)15-2-1-8-26-22(15)28;;;/h3-12,24,28H,13H2,1-2H3;1-10H,11H2,(H,26,28)(H,29,30);2*1H4;1H. The molecule has 1 aliphatic rings. The second-order valence-electron chi connectivity index (χ2n) is 14.7. The second-order valence-corrected chi connectivity index (χ2v) is 16.5. The highest BCUT2D eigenvalue weighted by molar-refractivity contribution is 7.18. The first-order chi connectivity index (χ1) is 31.0. The number of dihydropyridines is 1. The van der Waals surface area contributed by atoms with Gasteiger partial charge in [-0.1, -0.05) is 33.1 Å². The number of methoxy groups -OCH3 is 2. The number of fused-ring (bicyclic) bond motifs is 6. The first-order valence-electron chi connectivity index (χ1n) is 19.6. The summed E-state index contributed by atoms with van der Waals surface area (Å²) >= 11 is 2.98. The van der Waals surface area contributed by atoms with Crippen molar-refractivity contribution >= 4 is 94.6 Å². The monoisotopic (exact) mass is 970 g/mol. The third-order valence-corrected chi connectivity index (χ3v) is 13.0. The lowest BCUT2D eigenvalue weighted by Gasteiger charge is -2.23. The molecule has 1 unspecified atom stereocenters. The molecule has 0 amide bonds. The summed E-state index contributed by atoms with van der Waals surface area (Å²) in [6.07, 6.45) is 6.44. The minimum Gasteiger partial charge on any atom is -0.477 e. The average molecular weight is 971 g/mol. The number of aromatic amines is 1. The van der Waals surface area contributed by atoms with Gasteiger partial charge in [-0.05, 0) is 107 Å². The molecule has 1 aliphatic heterocycles. The maximum atomic E-state index is 14.6. The van der Waals surface area contributed by atoms with E-state index in [9.17, 15) is 37.1 Å². The molecule has 5 aromatic heterocycles. The van der Waals surface area contributed by atoms with Gasteiger partial charge in [0.05, 0.1) is 36.8 Å². The lowest BCUT2D eigenvalue weighted by molar-refractivity contribution is 0.0587. The van der Waals surface area contributed by atoms with Crippen molar-refractivity contribution in [2.45, 2.75) is 34.2 Å². The van der Waals surface area contributed by atoms with E-state index in [1.807, 2.05) is 53.2 Å². The third-order valence-electron chi connectivity index (χ3n) is 11.1. The first kappa shape index (κ1) is 49.5. The number of halogens is 5. The summed E-state index contributed by atoms with van der Waals surface area (Å²) in [4.78, 5) is 40.8. The van der Waals surface area contributed by atoms with Crippen LogP contribution < -0.4 is 10.9 Å². The Hall–Kier alpha value is -6.98. The molecule has 0 bridgehead atoms. The molecule has 0 fully saturated rings. The quantitative estimate of drug-likeness (QED) is 0.0971. The fraction of sp³-hybridized carbons (Fsp3) is 0.140. The van der Waals surface area contributed by atoms with Crippen LogP contribution in [0.3, 0.4) is 0 Å². The number of benzene rings is 4. The zero-order chi connectivity index (χ0) is 44.8. The van der Waals surface area contributed by atoms with E-state index in [4.69, 9.17) is 9.47 Å². The fourth-order valence-corrected chi connectivity index (χ4v) is 10.2. The number of aromatic carboxylic acids is 1. The molecule has 17 heteroatoms. The fourth-order valence-electron chi connectivity index (χ4n) is 8.30. The van der Waals surface area contributed by atoms with Crippen molar-refractivity contribution in [3.63, 3.8) is 0 Å². The summed E-state index contributed by atoms with van der Waals surface area (Å²) in [6, 6.07) is 20.9. The van der Waals surface area contributed by atoms with E-state index in [1.165, 1.54) is 29.2 Å². The molecule has 0 aliphatic carbocycles. The summed E-state index contributed by atoms with van der Waals surface area (Å²) in [5, 5.41) is 20.5. The summed E-state index contributed by atoms with van der Waals surface area (Å²) in [7, 11) is 2.88. The smallest absolute Gasteiger partial charge is 0.355 e. The third kappa shape index (κ3) is 8.88. The highest BCUT2D eigenvalue weighted by Crippen LogP contribution is 2.43. The van der Waals surface area contributed by atoms with Crippen LogP contribution >= 0.6 is 35.1 Å². The minimum absolute atomic E-state index is 0. The molecule has 0 saturated carbocycles. The molecule has 346 valence electrons. The lowest BCUT2D eigenvalue weighted by Crippen LogP contribution is -2.30. The molecule has 4 aromatic carbocycles. The van der Waals surface area contributed by atoms with Crippen molar-refractivity contribution in [3.05, 3.63) is 182 Å². The molecule has 0 radical (unpaired) electrons. The van der Waals surface area contributed by atoms with Gasteiger partial charge in [-0.3, -0.25) is 4.79 Å². The van der Waals surface area contributed by atoms with E-state index in [1.54, 1.807) is 47.4 Å². The molecule has 1 atom stereocenters. The van der Waals surface area contributed by atoms with Gasteiger partial charge in [0.15, 0.2) is 6.23 Å². The van der Waals surface area contributed by atoms with Crippen LogP contribution in [0.1, 0.15) is 52.5 Å². The van der Waals surface area contributed by atoms with Gasteiger partial charge in [-0.2, -0.15) is 0 Å². The van der Waals surface area contributed by atoms with Crippen molar-refractivity contribution in [1.82, 2.24) is 19.4 Å². The number of thiophene rings is 2. The highest BCUT2D eigenvalue weighted by atomic mass is 35.5. The molecule has 3 N–H and O–H groups in total. The zero-order valence-electron chi connectivity index (χ0n) is 34.2. The van der Waals surface area contributed by atoms with Gasteiger partial charge in [0.1, 0.15) is 34.7 Å². The summed E-state index contributed by atoms with van der Waals surface area (Å²) < 4.78 is 72.4. The van der Waals surface area contributed by atoms with Crippen LogP contribution in [0, 0.1) is 23.3 Å². The van der Waals surface area contributed by atoms with E-state index in [0.29, 0.717) is 22.0 Å². The van der Waals surface area contributed by atoms with E-state index in [2.05, 4.69) is 10.3 Å². The van der Waals surface area contributed by atoms with Crippen LogP contribution in [-0.2, 0) is 22.6 Å². The Labute approximate surface area is 395 Å². The van der Waals surface area contributed by atoms with Crippen LogP contribution in [0.5, 0.6) is 0 Å². The number of aromatic nitrogens is 3. The van der Waals surface area contributed by atoms with Crippen molar-refractivity contribution in [2.75, 3.05) is 14.2 Å². The number of carbonyl (C=O) groups is 2. The molecule has 9 aromatic rings. The molecular weight excluding hydrogens is 928 g/mol. The first-order valence-corrected chi connectivity index (χ1v) is 21.3. The van der Waals surface area contributed by atoms with Gasteiger partial charge in [0, 0.05) is 61.3 Å². The Kier molecular flexibility index (Phi) is 15.0. The number of hydrogen-bond donors (Lipinski definition) is 3. The minimum atomic E-state index is -1.27. The van der Waals surface area contributed by atoms with E-state index >= 15 is 0 Å².